The molecule has 1 saturated heterocycles. The molecule has 1 aliphatic heterocycles. The molecule has 0 aromatic heterocycles. The van der Waals surface area contributed by atoms with Gasteiger partial charge in [0.25, 0.3) is 0 Å². The third kappa shape index (κ3) is 4.82. The van der Waals surface area contributed by atoms with Gasteiger partial charge in [-0.05, 0) is 43.7 Å². The number of benzene rings is 2. The van der Waals surface area contributed by atoms with Gasteiger partial charge in [0.1, 0.15) is 0 Å². The van der Waals surface area contributed by atoms with Gasteiger partial charge in [-0.15, -0.1) is 0 Å². The number of alkyl halides is 6. The fourth-order valence-electron chi connectivity index (χ4n) is 3.76. The van der Waals surface area contributed by atoms with Crippen molar-refractivity contribution < 1.29 is 39.9 Å². The second-order valence-corrected chi connectivity index (χ2v) is 9.91. The predicted molar refractivity (Wildman–Crippen MR) is 109 cm³/mol. The maximum absolute atomic E-state index is 13.4. The summed E-state index contributed by atoms with van der Waals surface area (Å²) in [7, 11) is -4.13. The first-order valence-electron chi connectivity index (χ1n) is 9.89. The summed E-state index contributed by atoms with van der Waals surface area (Å²) in [5.41, 5.74) is -4.54. The van der Waals surface area contributed by atoms with Gasteiger partial charge in [0.2, 0.25) is 10.0 Å². The molecular weight excluding hydrogens is 474 g/mol. The molecule has 1 heterocycles. The fraction of sp³-hybridized carbons (Fsp3) is 0.429. The molecule has 1 unspecified atom stereocenters. The van der Waals surface area contributed by atoms with E-state index < -0.39 is 45.1 Å². The van der Waals surface area contributed by atoms with E-state index in [1.54, 1.807) is 6.92 Å². The van der Waals surface area contributed by atoms with Gasteiger partial charge in [-0.2, -0.15) is 30.6 Å². The zero-order valence-corrected chi connectivity index (χ0v) is 18.5. The van der Waals surface area contributed by atoms with Crippen molar-refractivity contribution >= 4 is 15.7 Å². The maximum atomic E-state index is 13.4. The number of anilines is 1. The molecule has 12 heteroatoms. The van der Waals surface area contributed by atoms with E-state index in [0.29, 0.717) is 6.92 Å². The largest absolute Gasteiger partial charge is 0.421 e. The van der Waals surface area contributed by atoms with Crippen molar-refractivity contribution in [3.8, 4) is 0 Å². The molecule has 33 heavy (non-hydrogen) atoms. The lowest BCUT2D eigenvalue weighted by atomic mass is 9.96. The van der Waals surface area contributed by atoms with Crippen molar-refractivity contribution in [2.75, 3.05) is 24.5 Å². The molecule has 2 atom stereocenters. The number of nitrogens with zero attached hydrogens (tertiary/aromatic N) is 2. The van der Waals surface area contributed by atoms with Gasteiger partial charge >= 0.3 is 12.4 Å². The first-order chi connectivity index (χ1) is 15.1. The fourth-order valence-corrected chi connectivity index (χ4v) is 5.37. The molecule has 2 aromatic rings. The van der Waals surface area contributed by atoms with Gasteiger partial charge in [0, 0.05) is 31.4 Å². The Balaban J connectivity index is 1.82. The van der Waals surface area contributed by atoms with Crippen LogP contribution >= 0.6 is 0 Å². The van der Waals surface area contributed by atoms with Crippen molar-refractivity contribution in [1.29, 1.82) is 0 Å². The normalized spacial score (nSPS) is 20.5. The van der Waals surface area contributed by atoms with Crippen LogP contribution in [0.25, 0.3) is 0 Å². The maximum Gasteiger partial charge on any atom is 0.421 e. The number of para-hydroxylation sites is 1. The summed E-state index contributed by atoms with van der Waals surface area (Å²) in [6, 6.07) is 8.05. The molecule has 0 saturated carbocycles. The second-order valence-electron chi connectivity index (χ2n) is 8.02. The van der Waals surface area contributed by atoms with Crippen LogP contribution in [0.1, 0.15) is 25.0 Å². The topological polar surface area (TPSA) is 60.9 Å². The average molecular weight is 496 g/mol. The SMILES string of the molecule is C[C@@H]1CN(c2ccccc2C(F)(F)F)CCN1S(=O)(=O)c1ccc(C(C)(O)C(F)(F)F)cc1. The standard InChI is InChI=1S/C21H22F6N2O3S/c1-14-13-28(18-6-4-3-5-17(18)20(22,23)24)11-12-29(14)33(31,32)16-9-7-15(8-10-16)19(2,30)21(25,26)27/h3-10,14,30H,11-13H2,1-2H3/t14-,19?/m1/s1. The first kappa shape index (κ1) is 25.3. The molecule has 1 fully saturated rings. The van der Waals surface area contributed by atoms with E-state index in [1.807, 2.05) is 0 Å². The van der Waals surface area contributed by atoms with Gasteiger partial charge in [-0.3, -0.25) is 0 Å². The van der Waals surface area contributed by atoms with Crippen LogP contribution in [0.15, 0.2) is 53.4 Å². The molecule has 0 aliphatic carbocycles. The van der Waals surface area contributed by atoms with Gasteiger partial charge in [0.05, 0.1) is 10.5 Å². The third-order valence-electron chi connectivity index (χ3n) is 5.69. The Morgan fingerprint density at radius 2 is 1.52 bits per heavy atom. The Labute approximate surface area is 187 Å². The Morgan fingerprint density at radius 3 is 2.03 bits per heavy atom. The smallest absolute Gasteiger partial charge is 0.376 e. The molecule has 0 spiro atoms. The van der Waals surface area contributed by atoms with E-state index >= 15 is 0 Å². The van der Waals surface area contributed by atoms with Gasteiger partial charge in [-0.1, -0.05) is 24.3 Å². The minimum atomic E-state index is -4.95. The van der Waals surface area contributed by atoms with Crippen LogP contribution in [0.2, 0.25) is 0 Å². The lowest BCUT2D eigenvalue weighted by Crippen LogP contribution is -2.54. The molecule has 0 amide bonds. The molecule has 0 bridgehead atoms. The molecule has 182 valence electrons. The summed E-state index contributed by atoms with van der Waals surface area (Å²) in [6.45, 7) is 1.99. The molecule has 1 aliphatic rings. The van der Waals surface area contributed by atoms with Crippen molar-refractivity contribution in [2.45, 2.75) is 42.7 Å². The van der Waals surface area contributed by atoms with E-state index in [-0.39, 0.29) is 30.2 Å². The highest BCUT2D eigenvalue weighted by molar-refractivity contribution is 7.89. The van der Waals surface area contributed by atoms with Crippen molar-refractivity contribution in [3.05, 3.63) is 59.7 Å². The summed E-state index contributed by atoms with van der Waals surface area (Å²) in [5.74, 6) is 0. The van der Waals surface area contributed by atoms with E-state index in [1.165, 1.54) is 23.1 Å². The monoisotopic (exact) mass is 496 g/mol. The van der Waals surface area contributed by atoms with Crippen LogP contribution in [0.5, 0.6) is 0 Å². The lowest BCUT2D eigenvalue weighted by molar-refractivity contribution is -0.258. The first-order valence-corrected chi connectivity index (χ1v) is 11.3. The minimum absolute atomic E-state index is 0.00245. The quantitative estimate of drug-likeness (QED) is 0.639. The summed E-state index contributed by atoms with van der Waals surface area (Å²) < 4.78 is 106. The van der Waals surface area contributed by atoms with Crippen LogP contribution < -0.4 is 4.90 Å². The van der Waals surface area contributed by atoms with E-state index in [4.69, 9.17) is 0 Å². The zero-order chi connectivity index (χ0) is 24.8. The van der Waals surface area contributed by atoms with Gasteiger partial charge < -0.3 is 10.0 Å². The van der Waals surface area contributed by atoms with Crippen molar-refractivity contribution in [1.82, 2.24) is 4.31 Å². The second kappa shape index (κ2) is 8.48. The number of halogens is 6. The molecule has 2 aromatic carbocycles. The highest BCUT2D eigenvalue weighted by Gasteiger charge is 2.51. The average Bonchev–Trinajstić information content (AvgIpc) is 2.72. The molecule has 3 rings (SSSR count). The van der Waals surface area contributed by atoms with E-state index in [0.717, 1.165) is 34.6 Å². The predicted octanol–water partition coefficient (Wildman–Crippen LogP) is 4.37. The van der Waals surface area contributed by atoms with Crippen LogP contribution in [-0.2, 0) is 21.8 Å². The number of hydrogen-bond donors (Lipinski definition) is 1. The molecular formula is C21H22F6N2O3S. The van der Waals surface area contributed by atoms with Crippen molar-refractivity contribution in [3.63, 3.8) is 0 Å². The van der Waals surface area contributed by atoms with Crippen LogP contribution in [0.3, 0.4) is 0 Å². The van der Waals surface area contributed by atoms with Crippen LogP contribution in [0, 0.1) is 0 Å². The van der Waals surface area contributed by atoms with Crippen molar-refractivity contribution in [2.24, 2.45) is 0 Å². The Hall–Kier alpha value is -2.31. The summed E-state index contributed by atoms with van der Waals surface area (Å²) in [6.07, 6.45) is -9.52. The van der Waals surface area contributed by atoms with Gasteiger partial charge in [-0.25, -0.2) is 8.42 Å². The number of sulfonamides is 1. The van der Waals surface area contributed by atoms with E-state index in [9.17, 15) is 39.9 Å². The zero-order valence-electron chi connectivity index (χ0n) is 17.7. The highest BCUT2D eigenvalue weighted by atomic mass is 32.2. The number of hydrogen-bond acceptors (Lipinski definition) is 4. The highest BCUT2D eigenvalue weighted by Crippen LogP contribution is 2.39. The molecule has 0 radical (unpaired) electrons. The van der Waals surface area contributed by atoms with Crippen LogP contribution in [-0.4, -0.2) is 49.7 Å². The Morgan fingerprint density at radius 1 is 0.939 bits per heavy atom. The number of aliphatic hydroxyl groups is 1. The minimum Gasteiger partial charge on any atom is -0.376 e. The van der Waals surface area contributed by atoms with Crippen LogP contribution in [0.4, 0.5) is 32.0 Å². The molecule has 1 N–H and O–H groups in total. The van der Waals surface area contributed by atoms with Gasteiger partial charge in [0.15, 0.2) is 5.60 Å². The number of rotatable bonds is 4. The summed E-state index contributed by atoms with van der Waals surface area (Å²) in [4.78, 5) is 1.18. The van der Waals surface area contributed by atoms with E-state index in [2.05, 4.69) is 0 Å². The Bertz CT molecular complexity index is 1100. The summed E-state index contributed by atoms with van der Waals surface area (Å²) in [5, 5.41) is 9.75. The summed E-state index contributed by atoms with van der Waals surface area (Å²) >= 11 is 0. The number of piperazine rings is 1. The molecule has 5 nitrogen and oxygen atoms in total. The lowest BCUT2D eigenvalue weighted by Gasteiger charge is -2.40. The Kier molecular flexibility index (Phi) is 6.50. The third-order valence-corrected chi connectivity index (χ3v) is 7.72.